The number of hydrogen-bond donors (Lipinski definition) is 0. The van der Waals surface area contributed by atoms with E-state index in [0.29, 0.717) is 6.04 Å². The van der Waals surface area contributed by atoms with Gasteiger partial charge in [-0.15, -0.1) is 0 Å². The molecular formula is C12H18N2O. The molecule has 1 atom stereocenters. The Balaban J connectivity index is 2.04. The molecular weight excluding hydrogens is 188 g/mol. The van der Waals surface area contributed by atoms with Crippen LogP contribution >= 0.6 is 0 Å². The Labute approximate surface area is 91.0 Å². The second-order valence-corrected chi connectivity index (χ2v) is 4.35. The van der Waals surface area contributed by atoms with Crippen molar-refractivity contribution in [3.05, 3.63) is 29.6 Å². The maximum Gasteiger partial charge on any atom is 0.107 e. The zero-order valence-electron chi connectivity index (χ0n) is 9.60. The van der Waals surface area contributed by atoms with E-state index in [0.717, 1.165) is 18.7 Å². The van der Waals surface area contributed by atoms with Gasteiger partial charge in [-0.05, 0) is 33.3 Å². The van der Waals surface area contributed by atoms with Gasteiger partial charge in [-0.1, -0.05) is 6.07 Å². The lowest BCUT2D eigenvalue weighted by Gasteiger charge is -2.19. The predicted octanol–water partition coefficient (Wildman–Crippen LogP) is 2.48. The summed E-state index contributed by atoms with van der Waals surface area (Å²) in [6.45, 7) is 7.31. The summed E-state index contributed by atoms with van der Waals surface area (Å²) in [5, 5.41) is 2.05. The second-order valence-electron chi connectivity index (χ2n) is 4.35. The molecule has 0 spiro atoms. The van der Waals surface area contributed by atoms with Crippen molar-refractivity contribution in [1.29, 1.82) is 0 Å². The van der Waals surface area contributed by atoms with Gasteiger partial charge in [0.25, 0.3) is 0 Å². The van der Waals surface area contributed by atoms with E-state index in [1.54, 1.807) is 0 Å². The number of nitrogens with zero attached hydrogens (tertiary/aromatic N) is 2. The molecule has 1 saturated heterocycles. The van der Waals surface area contributed by atoms with E-state index < -0.39 is 0 Å². The number of hydrogen-bond acceptors (Lipinski definition) is 3. The molecule has 0 radical (unpaired) electrons. The second kappa shape index (κ2) is 4.29. The van der Waals surface area contributed by atoms with E-state index in [-0.39, 0.29) is 6.10 Å². The third-order valence-electron chi connectivity index (χ3n) is 2.76. The lowest BCUT2D eigenvalue weighted by atomic mass is 10.1. The van der Waals surface area contributed by atoms with Crippen LogP contribution in [0.1, 0.15) is 37.6 Å². The van der Waals surface area contributed by atoms with Gasteiger partial charge in [0.15, 0.2) is 0 Å². The Morgan fingerprint density at radius 1 is 1.47 bits per heavy atom. The predicted molar refractivity (Wildman–Crippen MR) is 59.3 cm³/mol. The average Bonchev–Trinajstić information content (AvgIpc) is 2.68. The summed E-state index contributed by atoms with van der Waals surface area (Å²) in [5.74, 6) is 0. The third-order valence-corrected chi connectivity index (χ3v) is 2.76. The molecule has 3 heteroatoms. The third kappa shape index (κ3) is 2.36. The Hall–Kier alpha value is -0.930. The van der Waals surface area contributed by atoms with Crippen LogP contribution in [0, 0.1) is 6.92 Å². The highest BCUT2D eigenvalue weighted by molar-refractivity contribution is 5.16. The van der Waals surface area contributed by atoms with Crippen LogP contribution in [0.3, 0.4) is 0 Å². The van der Waals surface area contributed by atoms with Crippen molar-refractivity contribution in [2.24, 2.45) is 0 Å². The Morgan fingerprint density at radius 3 is 2.80 bits per heavy atom. The van der Waals surface area contributed by atoms with Crippen molar-refractivity contribution in [3.63, 3.8) is 0 Å². The van der Waals surface area contributed by atoms with Crippen molar-refractivity contribution in [3.8, 4) is 0 Å². The molecule has 2 rings (SSSR count). The van der Waals surface area contributed by atoms with Gasteiger partial charge in [-0.25, -0.2) is 0 Å². The molecule has 0 amide bonds. The lowest BCUT2D eigenvalue weighted by molar-refractivity contribution is -0.166. The van der Waals surface area contributed by atoms with E-state index in [4.69, 9.17) is 4.84 Å². The summed E-state index contributed by atoms with van der Waals surface area (Å²) < 4.78 is 0. The molecule has 1 aromatic rings. The summed E-state index contributed by atoms with van der Waals surface area (Å²) >= 11 is 0. The first-order valence-corrected chi connectivity index (χ1v) is 5.53. The summed E-state index contributed by atoms with van der Waals surface area (Å²) in [4.78, 5) is 10.1. The van der Waals surface area contributed by atoms with E-state index in [9.17, 15) is 0 Å². The average molecular weight is 206 g/mol. The van der Waals surface area contributed by atoms with Gasteiger partial charge in [0.1, 0.15) is 6.10 Å². The van der Waals surface area contributed by atoms with Crippen LogP contribution < -0.4 is 0 Å². The normalized spacial score (nSPS) is 22.5. The highest BCUT2D eigenvalue weighted by Crippen LogP contribution is 2.29. The minimum atomic E-state index is 0.195. The van der Waals surface area contributed by atoms with Crippen molar-refractivity contribution < 1.29 is 4.84 Å². The highest BCUT2D eigenvalue weighted by Gasteiger charge is 2.26. The fraction of sp³-hybridized carbons (Fsp3) is 0.583. The number of rotatable bonds is 2. The van der Waals surface area contributed by atoms with Crippen molar-refractivity contribution in [2.75, 3.05) is 6.54 Å². The lowest BCUT2D eigenvalue weighted by Crippen LogP contribution is -2.26. The first kappa shape index (κ1) is 10.6. The van der Waals surface area contributed by atoms with Gasteiger partial charge in [-0.2, -0.15) is 5.06 Å². The van der Waals surface area contributed by atoms with Crippen molar-refractivity contribution in [2.45, 2.75) is 39.3 Å². The number of aromatic nitrogens is 1. The van der Waals surface area contributed by atoms with Crippen molar-refractivity contribution in [1.82, 2.24) is 10.0 Å². The largest absolute Gasteiger partial charge is 0.291 e. The fourth-order valence-corrected chi connectivity index (χ4v) is 1.79. The molecule has 0 aromatic carbocycles. The molecule has 1 aromatic heterocycles. The molecule has 1 aliphatic rings. The van der Waals surface area contributed by atoms with Crippen LogP contribution in [0.15, 0.2) is 18.3 Å². The zero-order chi connectivity index (χ0) is 10.8. The topological polar surface area (TPSA) is 25.4 Å². The number of aryl methyl sites for hydroxylation is 1. The van der Waals surface area contributed by atoms with Gasteiger partial charge in [0.2, 0.25) is 0 Å². The Kier molecular flexibility index (Phi) is 3.03. The molecule has 0 N–H and O–H groups in total. The van der Waals surface area contributed by atoms with E-state index in [2.05, 4.69) is 24.9 Å². The Bertz CT molecular complexity index is 321. The molecule has 2 heterocycles. The molecule has 1 aliphatic heterocycles. The fourth-order valence-electron chi connectivity index (χ4n) is 1.79. The molecule has 3 nitrogen and oxygen atoms in total. The number of hydroxylamine groups is 2. The van der Waals surface area contributed by atoms with Crippen LogP contribution in [0.5, 0.6) is 0 Å². The zero-order valence-corrected chi connectivity index (χ0v) is 9.60. The van der Waals surface area contributed by atoms with E-state index in [1.165, 1.54) is 5.56 Å². The van der Waals surface area contributed by atoms with Crippen LogP contribution in [0.2, 0.25) is 0 Å². The van der Waals surface area contributed by atoms with Gasteiger partial charge in [-0.3, -0.25) is 9.82 Å². The van der Waals surface area contributed by atoms with Gasteiger partial charge in [0.05, 0.1) is 0 Å². The molecule has 0 aliphatic carbocycles. The van der Waals surface area contributed by atoms with E-state index >= 15 is 0 Å². The van der Waals surface area contributed by atoms with Gasteiger partial charge in [0, 0.05) is 30.0 Å². The molecule has 0 saturated carbocycles. The summed E-state index contributed by atoms with van der Waals surface area (Å²) in [6, 6.07) is 4.60. The van der Waals surface area contributed by atoms with Crippen molar-refractivity contribution >= 4 is 0 Å². The molecule has 1 unspecified atom stereocenters. The Morgan fingerprint density at radius 2 is 2.27 bits per heavy atom. The number of pyridine rings is 1. The first-order chi connectivity index (χ1) is 7.16. The highest BCUT2D eigenvalue weighted by atomic mass is 16.7. The van der Waals surface area contributed by atoms with E-state index in [1.807, 2.05) is 24.3 Å². The first-order valence-electron chi connectivity index (χ1n) is 5.53. The monoisotopic (exact) mass is 206 g/mol. The van der Waals surface area contributed by atoms with Crippen LogP contribution in [0.4, 0.5) is 0 Å². The maximum atomic E-state index is 5.84. The quantitative estimate of drug-likeness (QED) is 0.743. The summed E-state index contributed by atoms with van der Waals surface area (Å²) in [5.41, 5.74) is 2.24. The van der Waals surface area contributed by atoms with Crippen LogP contribution in [-0.4, -0.2) is 22.6 Å². The van der Waals surface area contributed by atoms with Gasteiger partial charge >= 0.3 is 0 Å². The minimum Gasteiger partial charge on any atom is -0.291 e. The van der Waals surface area contributed by atoms with Crippen LogP contribution in [-0.2, 0) is 4.84 Å². The molecule has 0 bridgehead atoms. The van der Waals surface area contributed by atoms with Crippen LogP contribution in [0.25, 0.3) is 0 Å². The summed E-state index contributed by atoms with van der Waals surface area (Å²) in [6.07, 6.45) is 3.17. The smallest absolute Gasteiger partial charge is 0.107 e. The summed E-state index contributed by atoms with van der Waals surface area (Å²) in [7, 11) is 0. The maximum absolute atomic E-state index is 5.84. The molecule has 15 heavy (non-hydrogen) atoms. The molecule has 1 fully saturated rings. The standard InChI is InChI=1S/C12H18N2O/c1-9(2)14-7-6-12(15-14)11-5-4-10(3)13-8-11/h4-5,8-9,12H,6-7H2,1-3H3. The van der Waals surface area contributed by atoms with Gasteiger partial charge < -0.3 is 0 Å². The minimum absolute atomic E-state index is 0.195. The SMILES string of the molecule is Cc1ccc(C2CCN(C(C)C)O2)cn1. The molecule has 82 valence electrons.